The van der Waals surface area contributed by atoms with Gasteiger partial charge in [0.1, 0.15) is 6.04 Å². The van der Waals surface area contributed by atoms with Crippen LogP contribution in [-0.4, -0.2) is 38.4 Å². The second-order valence-electron chi connectivity index (χ2n) is 5.32. The third-order valence-corrected chi connectivity index (χ3v) is 3.99. The normalized spacial score (nSPS) is 25.0. The quantitative estimate of drug-likeness (QED) is 0.689. The van der Waals surface area contributed by atoms with Gasteiger partial charge in [0, 0.05) is 6.61 Å². The first-order chi connectivity index (χ1) is 9.21. The van der Waals surface area contributed by atoms with Gasteiger partial charge in [-0.15, -0.1) is 0 Å². The summed E-state index contributed by atoms with van der Waals surface area (Å²) in [7, 11) is 1.79. The van der Waals surface area contributed by atoms with E-state index in [4.69, 9.17) is 9.47 Å². The Morgan fingerprint density at radius 3 is 2.79 bits per heavy atom. The molecule has 112 valence electrons. The second-order valence-corrected chi connectivity index (χ2v) is 5.32. The van der Waals surface area contributed by atoms with E-state index in [0.717, 1.165) is 5.92 Å². The van der Waals surface area contributed by atoms with Gasteiger partial charge >= 0.3 is 5.97 Å². The molecule has 4 nitrogen and oxygen atoms in total. The summed E-state index contributed by atoms with van der Waals surface area (Å²) in [6.45, 7) is 5.14. The molecule has 1 saturated carbocycles. The number of hydrogen-bond donors (Lipinski definition) is 1. The fraction of sp³-hybridized carbons (Fsp3) is 0.933. The minimum atomic E-state index is -0.245. The molecule has 1 aliphatic rings. The number of hydrogen-bond acceptors (Lipinski definition) is 4. The highest BCUT2D eigenvalue weighted by atomic mass is 16.5. The summed E-state index contributed by atoms with van der Waals surface area (Å²) in [5, 5.41) is 2.99. The van der Waals surface area contributed by atoms with Crippen molar-refractivity contribution in [2.75, 3.05) is 20.3 Å². The molecule has 0 radical (unpaired) electrons. The van der Waals surface area contributed by atoms with Gasteiger partial charge in [-0.3, -0.25) is 4.79 Å². The van der Waals surface area contributed by atoms with Gasteiger partial charge in [0.05, 0.1) is 12.7 Å². The van der Waals surface area contributed by atoms with Crippen molar-refractivity contribution < 1.29 is 14.3 Å². The molecule has 1 rings (SSSR count). The van der Waals surface area contributed by atoms with Crippen molar-refractivity contribution >= 4 is 5.97 Å². The molecule has 19 heavy (non-hydrogen) atoms. The number of nitrogens with one attached hydrogen (secondary N) is 1. The molecule has 0 amide bonds. The fourth-order valence-corrected chi connectivity index (χ4v) is 2.74. The van der Waals surface area contributed by atoms with E-state index in [1.807, 2.05) is 6.92 Å². The smallest absolute Gasteiger partial charge is 0.323 e. The van der Waals surface area contributed by atoms with Crippen LogP contribution in [0.3, 0.4) is 0 Å². The first-order valence-electron chi connectivity index (χ1n) is 7.66. The third-order valence-electron chi connectivity index (χ3n) is 3.99. The third kappa shape index (κ3) is 5.91. The van der Waals surface area contributed by atoms with Crippen molar-refractivity contribution in [3.63, 3.8) is 0 Å². The Morgan fingerprint density at radius 1 is 1.37 bits per heavy atom. The minimum Gasteiger partial charge on any atom is -0.465 e. The van der Waals surface area contributed by atoms with Crippen molar-refractivity contribution in [2.24, 2.45) is 5.92 Å². The molecule has 3 atom stereocenters. The molecule has 0 aromatic rings. The van der Waals surface area contributed by atoms with Crippen molar-refractivity contribution in [3.05, 3.63) is 0 Å². The van der Waals surface area contributed by atoms with Crippen LogP contribution in [0.5, 0.6) is 0 Å². The van der Waals surface area contributed by atoms with Crippen molar-refractivity contribution in [2.45, 2.75) is 64.5 Å². The second kappa shape index (κ2) is 9.32. The van der Waals surface area contributed by atoms with E-state index >= 15 is 0 Å². The highest BCUT2D eigenvalue weighted by Crippen LogP contribution is 2.28. The van der Waals surface area contributed by atoms with Gasteiger partial charge in [0.15, 0.2) is 0 Å². The van der Waals surface area contributed by atoms with Crippen LogP contribution in [0.15, 0.2) is 0 Å². The molecule has 0 heterocycles. The summed E-state index contributed by atoms with van der Waals surface area (Å²) in [6.07, 6.45) is 7.29. The van der Waals surface area contributed by atoms with Crippen LogP contribution in [0.4, 0.5) is 0 Å². The molecule has 4 heteroatoms. The summed E-state index contributed by atoms with van der Waals surface area (Å²) in [4.78, 5) is 11.6. The van der Waals surface area contributed by atoms with E-state index in [2.05, 4.69) is 12.2 Å². The number of rotatable bonds is 8. The molecule has 0 spiro atoms. The van der Waals surface area contributed by atoms with Gasteiger partial charge in [0.2, 0.25) is 0 Å². The summed E-state index contributed by atoms with van der Waals surface area (Å²) >= 11 is 0. The van der Waals surface area contributed by atoms with E-state index in [1.165, 1.54) is 32.1 Å². The zero-order valence-electron chi connectivity index (χ0n) is 12.6. The van der Waals surface area contributed by atoms with Crippen LogP contribution in [0.25, 0.3) is 0 Å². The average molecular weight is 271 g/mol. The van der Waals surface area contributed by atoms with Crippen molar-refractivity contribution in [1.29, 1.82) is 0 Å². The first kappa shape index (κ1) is 16.4. The van der Waals surface area contributed by atoms with Crippen LogP contribution in [0, 0.1) is 5.92 Å². The Kier molecular flexibility index (Phi) is 8.07. The molecule has 1 N–H and O–H groups in total. The summed E-state index contributed by atoms with van der Waals surface area (Å²) < 4.78 is 10.9. The van der Waals surface area contributed by atoms with Crippen molar-refractivity contribution in [3.8, 4) is 0 Å². The predicted molar refractivity (Wildman–Crippen MR) is 76.1 cm³/mol. The summed E-state index contributed by atoms with van der Waals surface area (Å²) in [5.74, 6) is 0.646. The monoisotopic (exact) mass is 271 g/mol. The fourth-order valence-electron chi connectivity index (χ4n) is 2.74. The summed E-state index contributed by atoms with van der Waals surface area (Å²) in [6, 6.07) is -0.245. The SMILES string of the molecule is CCOC(=O)C(CCOC1CCCC(CC)C1)NC. The lowest BCUT2D eigenvalue weighted by Gasteiger charge is -2.28. The number of carbonyl (C=O) groups is 1. The van der Waals surface area contributed by atoms with Gasteiger partial charge < -0.3 is 14.8 Å². The molecule has 3 unspecified atom stereocenters. The van der Waals surface area contributed by atoms with E-state index in [9.17, 15) is 4.79 Å². The summed E-state index contributed by atoms with van der Waals surface area (Å²) in [5.41, 5.74) is 0. The van der Waals surface area contributed by atoms with Crippen LogP contribution in [0.2, 0.25) is 0 Å². The molecule has 0 aliphatic heterocycles. The first-order valence-corrected chi connectivity index (χ1v) is 7.66. The molecule has 0 saturated heterocycles. The van der Waals surface area contributed by atoms with Crippen LogP contribution >= 0.6 is 0 Å². The number of esters is 1. The highest BCUT2D eigenvalue weighted by Gasteiger charge is 2.22. The maximum absolute atomic E-state index is 11.6. The number of ether oxygens (including phenoxy) is 2. The lowest BCUT2D eigenvalue weighted by molar-refractivity contribution is -0.146. The zero-order chi connectivity index (χ0) is 14.1. The molecule has 1 aliphatic carbocycles. The Bertz CT molecular complexity index is 258. The van der Waals surface area contributed by atoms with E-state index in [-0.39, 0.29) is 12.0 Å². The van der Waals surface area contributed by atoms with Gasteiger partial charge in [0.25, 0.3) is 0 Å². The van der Waals surface area contributed by atoms with Crippen LogP contribution in [-0.2, 0) is 14.3 Å². The Labute approximate surface area is 117 Å². The van der Waals surface area contributed by atoms with E-state index in [0.29, 0.717) is 25.7 Å². The largest absolute Gasteiger partial charge is 0.465 e. The zero-order valence-corrected chi connectivity index (χ0v) is 12.6. The van der Waals surface area contributed by atoms with E-state index in [1.54, 1.807) is 7.05 Å². The number of carbonyl (C=O) groups excluding carboxylic acids is 1. The standard InChI is InChI=1S/C15H29NO3/c1-4-12-7-6-8-13(11-12)19-10-9-14(16-3)15(17)18-5-2/h12-14,16H,4-11H2,1-3H3. The van der Waals surface area contributed by atoms with Gasteiger partial charge in [-0.2, -0.15) is 0 Å². The predicted octanol–water partition coefficient (Wildman–Crippen LogP) is 2.51. The Hall–Kier alpha value is -0.610. The van der Waals surface area contributed by atoms with Gasteiger partial charge in [-0.1, -0.05) is 26.2 Å². The lowest BCUT2D eigenvalue weighted by atomic mass is 9.85. The Balaban J connectivity index is 2.22. The molecule has 0 aromatic carbocycles. The highest BCUT2D eigenvalue weighted by molar-refractivity contribution is 5.75. The maximum atomic E-state index is 11.6. The van der Waals surface area contributed by atoms with Gasteiger partial charge in [-0.05, 0) is 39.2 Å². The molecular formula is C15H29NO3. The van der Waals surface area contributed by atoms with Crippen molar-refractivity contribution in [1.82, 2.24) is 5.32 Å². The Morgan fingerprint density at radius 2 is 2.16 bits per heavy atom. The topological polar surface area (TPSA) is 47.6 Å². The lowest BCUT2D eigenvalue weighted by Crippen LogP contribution is -2.37. The maximum Gasteiger partial charge on any atom is 0.323 e. The molecule has 1 fully saturated rings. The molecule has 0 aromatic heterocycles. The van der Waals surface area contributed by atoms with Gasteiger partial charge in [-0.25, -0.2) is 0 Å². The molecule has 0 bridgehead atoms. The minimum absolute atomic E-state index is 0.177. The number of likely N-dealkylation sites (N-methyl/N-ethyl adjacent to an activating group) is 1. The average Bonchev–Trinajstić information content (AvgIpc) is 2.44. The van der Waals surface area contributed by atoms with Crippen LogP contribution in [0.1, 0.15) is 52.4 Å². The van der Waals surface area contributed by atoms with Crippen LogP contribution < -0.4 is 5.32 Å². The molecular weight excluding hydrogens is 242 g/mol. The van der Waals surface area contributed by atoms with E-state index < -0.39 is 0 Å².